The third-order valence-electron chi connectivity index (χ3n) is 4.72. The Labute approximate surface area is 177 Å². The Morgan fingerprint density at radius 2 is 1.68 bits per heavy atom. The molecule has 1 aromatic heterocycles. The van der Waals surface area contributed by atoms with Crippen LogP contribution in [0.2, 0.25) is 0 Å². The minimum Gasteiger partial charge on any atom is -0.478 e. The van der Waals surface area contributed by atoms with Crippen LogP contribution in [0.1, 0.15) is 11.6 Å². The standard InChI is InChI=1S/C18H19N3O2.C4H4O4/c22-18-20-14-8-4-5-9-15(14)21(18)17(13-6-2-1-3-7-13)16-12-19-10-11-23-16;5-3(6)1-2-4(7)8/h1-9,16-17,19H,10-12H2,(H,20,22);1-2H,(H,5,6)(H,7,8)/b;2-1-. The van der Waals surface area contributed by atoms with Gasteiger partial charge in [-0.2, -0.15) is 0 Å². The maximum atomic E-state index is 12.6. The summed E-state index contributed by atoms with van der Waals surface area (Å²) in [5, 5.41) is 19.0. The second-order valence-electron chi connectivity index (χ2n) is 6.80. The summed E-state index contributed by atoms with van der Waals surface area (Å²) in [4.78, 5) is 34.7. The number of morpholine rings is 1. The molecule has 1 aliphatic heterocycles. The molecule has 4 N–H and O–H groups in total. The number of imidazole rings is 1. The third kappa shape index (κ3) is 5.68. The van der Waals surface area contributed by atoms with Gasteiger partial charge in [-0.25, -0.2) is 14.4 Å². The van der Waals surface area contributed by atoms with Crippen LogP contribution < -0.4 is 11.0 Å². The zero-order valence-corrected chi connectivity index (χ0v) is 16.6. The molecule has 1 saturated heterocycles. The number of carbonyl (C=O) groups is 2. The minimum atomic E-state index is -1.26. The first-order chi connectivity index (χ1) is 15.0. The number of rotatable bonds is 5. The van der Waals surface area contributed by atoms with Gasteiger partial charge in [0, 0.05) is 25.2 Å². The highest BCUT2D eigenvalue weighted by Crippen LogP contribution is 2.27. The van der Waals surface area contributed by atoms with Crippen molar-refractivity contribution in [3.8, 4) is 0 Å². The topological polar surface area (TPSA) is 134 Å². The quantitative estimate of drug-likeness (QED) is 0.457. The summed E-state index contributed by atoms with van der Waals surface area (Å²) in [6.45, 7) is 2.23. The molecule has 9 heteroatoms. The molecule has 2 aromatic carbocycles. The fourth-order valence-corrected chi connectivity index (χ4v) is 3.46. The average Bonchev–Trinajstić information content (AvgIpc) is 3.10. The summed E-state index contributed by atoms with van der Waals surface area (Å²) in [7, 11) is 0. The monoisotopic (exact) mass is 425 g/mol. The molecule has 0 bridgehead atoms. The molecular weight excluding hydrogens is 402 g/mol. The molecule has 0 aliphatic carbocycles. The molecule has 162 valence electrons. The molecule has 2 atom stereocenters. The molecule has 0 spiro atoms. The molecule has 3 aromatic rings. The first-order valence-corrected chi connectivity index (χ1v) is 9.68. The van der Waals surface area contributed by atoms with E-state index >= 15 is 0 Å². The van der Waals surface area contributed by atoms with E-state index in [0.717, 1.165) is 29.7 Å². The van der Waals surface area contributed by atoms with Crippen LogP contribution in [0, 0.1) is 0 Å². The van der Waals surface area contributed by atoms with E-state index in [1.165, 1.54) is 0 Å². The van der Waals surface area contributed by atoms with Crippen molar-refractivity contribution >= 4 is 23.0 Å². The van der Waals surface area contributed by atoms with Gasteiger partial charge in [-0.3, -0.25) is 4.57 Å². The molecule has 9 nitrogen and oxygen atoms in total. The molecule has 4 rings (SSSR count). The number of hydrogen-bond acceptors (Lipinski definition) is 5. The van der Waals surface area contributed by atoms with Crippen molar-refractivity contribution in [3.63, 3.8) is 0 Å². The van der Waals surface area contributed by atoms with E-state index < -0.39 is 11.9 Å². The number of hydrogen-bond donors (Lipinski definition) is 4. The molecule has 0 radical (unpaired) electrons. The van der Waals surface area contributed by atoms with E-state index in [1.807, 2.05) is 47.0 Å². The van der Waals surface area contributed by atoms with Gasteiger partial charge in [0.05, 0.1) is 29.8 Å². The minimum absolute atomic E-state index is 0.0805. The number of ether oxygens (including phenoxy) is 1. The summed E-state index contributed by atoms with van der Waals surface area (Å²) in [5.41, 5.74) is 2.73. The highest BCUT2D eigenvalue weighted by Gasteiger charge is 2.30. The molecule has 1 fully saturated rings. The Balaban J connectivity index is 0.000000293. The van der Waals surface area contributed by atoms with Crippen molar-refractivity contribution in [1.29, 1.82) is 0 Å². The van der Waals surface area contributed by atoms with E-state index in [-0.39, 0.29) is 17.8 Å². The van der Waals surface area contributed by atoms with Gasteiger partial charge >= 0.3 is 17.6 Å². The van der Waals surface area contributed by atoms with Crippen molar-refractivity contribution in [2.24, 2.45) is 0 Å². The van der Waals surface area contributed by atoms with Gasteiger partial charge < -0.3 is 25.3 Å². The Hall–Kier alpha value is -3.69. The lowest BCUT2D eigenvalue weighted by molar-refractivity contribution is -0.134. The van der Waals surface area contributed by atoms with E-state index in [4.69, 9.17) is 14.9 Å². The Bertz CT molecular complexity index is 1100. The summed E-state index contributed by atoms with van der Waals surface area (Å²) < 4.78 is 7.81. The molecule has 0 saturated carbocycles. The highest BCUT2D eigenvalue weighted by molar-refractivity contribution is 5.89. The van der Waals surface area contributed by atoms with Crippen LogP contribution in [0.25, 0.3) is 11.0 Å². The first kappa shape index (κ1) is 22.0. The number of carboxylic acid groups (broad SMARTS) is 2. The maximum absolute atomic E-state index is 12.6. The van der Waals surface area contributed by atoms with Gasteiger partial charge in [-0.1, -0.05) is 42.5 Å². The van der Waals surface area contributed by atoms with Gasteiger partial charge in [-0.05, 0) is 17.7 Å². The molecule has 0 amide bonds. The van der Waals surface area contributed by atoms with Gasteiger partial charge in [0.15, 0.2) is 0 Å². The van der Waals surface area contributed by atoms with Crippen molar-refractivity contribution < 1.29 is 24.5 Å². The molecular formula is C22H23N3O6. The zero-order valence-electron chi connectivity index (χ0n) is 16.6. The van der Waals surface area contributed by atoms with Crippen LogP contribution in [-0.2, 0) is 14.3 Å². The number of aromatic nitrogens is 2. The SMILES string of the molecule is O=C(O)/C=C\C(=O)O.O=c1[nH]c2ccccc2n1C(c1ccccc1)C1CNCCO1. The van der Waals surface area contributed by atoms with Crippen LogP contribution in [0.5, 0.6) is 0 Å². The predicted molar refractivity (Wildman–Crippen MR) is 114 cm³/mol. The summed E-state index contributed by atoms with van der Waals surface area (Å²) in [6.07, 6.45) is 1.04. The Morgan fingerprint density at radius 3 is 2.29 bits per heavy atom. The number of fused-ring (bicyclic) bond motifs is 1. The zero-order chi connectivity index (χ0) is 22.2. The second-order valence-corrected chi connectivity index (χ2v) is 6.80. The molecule has 1 aliphatic rings. The number of nitrogens with one attached hydrogen (secondary N) is 2. The molecule has 2 unspecified atom stereocenters. The van der Waals surface area contributed by atoms with Gasteiger partial charge in [0.1, 0.15) is 0 Å². The second kappa shape index (κ2) is 10.4. The van der Waals surface area contributed by atoms with E-state index in [2.05, 4.69) is 22.4 Å². The third-order valence-corrected chi connectivity index (χ3v) is 4.72. The number of H-pyrrole nitrogens is 1. The van der Waals surface area contributed by atoms with Crippen LogP contribution in [0.3, 0.4) is 0 Å². The summed E-state index contributed by atoms with van der Waals surface area (Å²) >= 11 is 0. The lowest BCUT2D eigenvalue weighted by Crippen LogP contribution is -2.45. The summed E-state index contributed by atoms with van der Waals surface area (Å²) in [6, 6.07) is 17.7. The first-order valence-electron chi connectivity index (χ1n) is 9.68. The predicted octanol–water partition coefficient (Wildman–Crippen LogP) is 1.62. The highest BCUT2D eigenvalue weighted by atomic mass is 16.5. The molecule has 31 heavy (non-hydrogen) atoms. The Kier molecular flexibility index (Phi) is 7.36. The van der Waals surface area contributed by atoms with Crippen LogP contribution in [-0.4, -0.2) is 57.5 Å². The lowest BCUT2D eigenvalue weighted by atomic mass is 10.00. The van der Waals surface area contributed by atoms with Gasteiger partial charge in [-0.15, -0.1) is 0 Å². The van der Waals surface area contributed by atoms with Gasteiger partial charge in [0.2, 0.25) is 0 Å². The Morgan fingerprint density at radius 1 is 1.03 bits per heavy atom. The van der Waals surface area contributed by atoms with Crippen molar-refractivity contribution in [2.75, 3.05) is 19.7 Å². The molecule has 2 heterocycles. The number of para-hydroxylation sites is 2. The number of carboxylic acids is 2. The van der Waals surface area contributed by atoms with Crippen LogP contribution in [0.4, 0.5) is 0 Å². The lowest BCUT2D eigenvalue weighted by Gasteiger charge is -2.32. The van der Waals surface area contributed by atoms with Crippen molar-refractivity contribution in [1.82, 2.24) is 14.9 Å². The van der Waals surface area contributed by atoms with E-state index in [9.17, 15) is 14.4 Å². The maximum Gasteiger partial charge on any atom is 0.328 e. The average molecular weight is 425 g/mol. The van der Waals surface area contributed by atoms with Crippen LogP contribution >= 0.6 is 0 Å². The number of aliphatic carboxylic acids is 2. The van der Waals surface area contributed by atoms with Gasteiger partial charge in [0.25, 0.3) is 0 Å². The van der Waals surface area contributed by atoms with Crippen molar-refractivity contribution in [2.45, 2.75) is 12.1 Å². The van der Waals surface area contributed by atoms with E-state index in [1.54, 1.807) is 0 Å². The van der Waals surface area contributed by atoms with E-state index in [0.29, 0.717) is 18.8 Å². The normalized spacial score (nSPS) is 17.1. The number of benzene rings is 2. The fraction of sp³-hybridized carbons (Fsp3) is 0.227. The number of nitrogens with zero attached hydrogens (tertiary/aromatic N) is 1. The van der Waals surface area contributed by atoms with Crippen molar-refractivity contribution in [3.05, 3.63) is 82.8 Å². The fourth-order valence-electron chi connectivity index (χ4n) is 3.46. The number of aromatic amines is 1. The van der Waals surface area contributed by atoms with Crippen LogP contribution in [0.15, 0.2) is 71.5 Å². The smallest absolute Gasteiger partial charge is 0.328 e. The largest absolute Gasteiger partial charge is 0.478 e. The summed E-state index contributed by atoms with van der Waals surface area (Å²) in [5.74, 6) is -2.51.